The lowest BCUT2D eigenvalue weighted by atomic mass is 9.81. The molecule has 0 saturated heterocycles. The first-order valence-corrected chi connectivity index (χ1v) is 13.9. The van der Waals surface area contributed by atoms with E-state index in [4.69, 9.17) is 16.3 Å². The van der Waals surface area contributed by atoms with E-state index in [0.717, 1.165) is 32.2 Å². The molecular formula is C31H35ClFN3O4. The summed E-state index contributed by atoms with van der Waals surface area (Å²) in [5.41, 5.74) is 1.25. The summed E-state index contributed by atoms with van der Waals surface area (Å²) in [5, 5.41) is 13.1. The second-order valence-electron chi connectivity index (χ2n) is 10.6. The number of nitrogens with zero attached hydrogens (tertiary/aromatic N) is 2. The van der Waals surface area contributed by atoms with Gasteiger partial charge in [0.15, 0.2) is 0 Å². The number of aliphatic carboxylic acids is 1. The fraction of sp³-hybridized carbons (Fsp3) is 0.387. The number of benzene rings is 2. The summed E-state index contributed by atoms with van der Waals surface area (Å²) in [4.78, 5) is 32.3. The lowest BCUT2D eigenvalue weighted by Crippen LogP contribution is -2.55. The number of rotatable bonds is 10. The van der Waals surface area contributed by atoms with E-state index < -0.39 is 23.2 Å². The first-order chi connectivity index (χ1) is 19.1. The summed E-state index contributed by atoms with van der Waals surface area (Å²) >= 11 is 6.43. The quantitative estimate of drug-likeness (QED) is 0.277. The van der Waals surface area contributed by atoms with Gasteiger partial charge in [-0.2, -0.15) is 0 Å². The number of carbonyl (C=O) groups is 2. The maximum absolute atomic E-state index is 15.1. The summed E-state index contributed by atoms with van der Waals surface area (Å²) in [6.07, 6.45) is 3.89. The van der Waals surface area contributed by atoms with E-state index in [1.807, 2.05) is 27.1 Å². The molecule has 0 radical (unpaired) electrons. The molecule has 0 unspecified atom stereocenters. The molecule has 0 aliphatic heterocycles. The number of nitrogens with one attached hydrogen (secondary N) is 1. The van der Waals surface area contributed by atoms with Crippen LogP contribution in [0.15, 0.2) is 48.5 Å². The van der Waals surface area contributed by atoms with E-state index in [0.29, 0.717) is 58.2 Å². The number of amides is 1. The number of carboxylic acid groups (broad SMARTS) is 1. The van der Waals surface area contributed by atoms with E-state index in [2.05, 4.69) is 15.2 Å². The van der Waals surface area contributed by atoms with E-state index in [9.17, 15) is 14.7 Å². The SMILES string of the molecule is Cc1cccc(F)c1-c1ccc(C(=O)NC2(C(=O)O)CCCCC2)nc1-c1ccc(Cl)c(OCCCN(C)C)c1. The van der Waals surface area contributed by atoms with Crippen LogP contribution in [0.1, 0.15) is 54.6 Å². The van der Waals surface area contributed by atoms with Crippen molar-refractivity contribution in [1.82, 2.24) is 15.2 Å². The van der Waals surface area contributed by atoms with Crippen molar-refractivity contribution in [3.05, 3.63) is 70.6 Å². The molecule has 1 amide bonds. The Morgan fingerprint density at radius 3 is 2.55 bits per heavy atom. The van der Waals surface area contributed by atoms with Gasteiger partial charge in [-0.05, 0) is 76.2 Å². The molecule has 9 heteroatoms. The van der Waals surface area contributed by atoms with Crippen LogP contribution in [0.2, 0.25) is 5.02 Å². The van der Waals surface area contributed by atoms with Gasteiger partial charge in [0, 0.05) is 23.2 Å². The summed E-state index contributed by atoms with van der Waals surface area (Å²) in [6, 6.07) is 13.2. The van der Waals surface area contributed by atoms with Crippen LogP contribution in [-0.4, -0.2) is 59.7 Å². The summed E-state index contributed by atoms with van der Waals surface area (Å²) in [7, 11) is 3.97. The predicted molar refractivity (Wildman–Crippen MR) is 154 cm³/mol. The summed E-state index contributed by atoms with van der Waals surface area (Å²) < 4.78 is 21.1. The number of ether oxygens (including phenoxy) is 1. The zero-order chi connectivity index (χ0) is 28.9. The highest BCUT2D eigenvalue weighted by Crippen LogP contribution is 2.38. The number of pyridine rings is 1. The van der Waals surface area contributed by atoms with Crippen molar-refractivity contribution >= 4 is 23.5 Å². The smallest absolute Gasteiger partial charge is 0.329 e. The van der Waals surface area contributed by atoms with E-state index in [1.54, 1.807) is 30.3 Å². The standard InChI is InChI=1S/C31H35ClFN3O4/c1-20-9-7-10-24(33)27(20)22-12-14-25(29(37)35-31(30(38)39)15-5-4-6-16-31)34-28(22)21-11-13-23(32)26(19-21)40-18-8-17-36(2)3/h7,9-14,19H,4-6,8,15-18H2,1-3H3,(H,35,37)(H,38,39). The van der Waals surface area contributed by atoms with Crippen molar-refractivity contribution in [3.8, 4) is 28.1 Å². The van der Waals surface area contributed by atoms with E-state index in [-0.39, 0.29) is 5.69 Å². The molecule has 1 fully saturated rings. The number of hydrogen-bond acceptors (Lipinski definition) is 5. The van der Waals surface area contributed by atoms with Gasteiger partial charge in [0.25, 0.3) is 5.91 Å². The lowest BCUT2D eigenvalue weighted by Gasteiger charge is -2.33. The maximum atomic E-state index is 15.1. The Morgan fingerprint density at radius 1 is 1.12 bits per heavy atom. The van der Waals surface area contributed by atoms with Gasteiger partial charge in [-0.1, -0.05) is 49.1 Å². The Hall–Kier alpha value is -3.49. The minimum absolute atomic E-state index is 0.0438. The molecule has 1 saturated carbocycles. The fourth-order valence-corrected chi connectivity index (χ4v) is 5.31. The second kappa shape index (κ2) is 12.8. The van der Waals surface area contributed by atoms with E-state index in [1.165, 1.54) is 12.1 Å². The van der Waals surface area contributed by atoms with Crippen LogP contribution in [0, 0.1) is 12.7 Å². The number of hydrogen-bond donors (Lipinski definition) is 2. The van der Waals surface area contributed by atoms with Crippen molar-refractivity contribution in [1.29, 1.82) is 0 Å². The third-order valence-corrected chi connectivity index (χ3v) is 7.61. The first-order valence-electron chi connectivity index (χ1n) is 13.5. The van der Waals surface area contributed by atoms with Gasteiger partial charge in [0.2, 0.25) is 0 Å². The second-order valence-corrected chi connectivity index (χ2v) is 11.0. The van der Waals surface area contributed by atoms with Crippen molar-refractivity contribution in [2.75, 3.05) is 27.2 Å². The topological polar surface area (TPSA) is 91.8 Å². The zero-order valence-corrected chi connectivity index (χ0v) is 23.9. The molecule has 2 aromatic carbocycles. The van der Waals surface area contributed by atoms with Crippen LogP contribution in [0.3, 0.4) is 0 Å². The van der Waals surface area contributed by atoms with Gasteiger partial charge in [-0.15, -0.1) is 0 Å². The Morgan fingerprint density at radius 2 is 1.88 bits per heavy atom. The maximum Gasteiger partial charge on any atom is 0.329 e. The van der Waals surface area contributed by atoms with Crippen LogP contribution in [0.5, 0.6) is 5.75 Å². The number of carbonyl (C=O) groups excluding carboxylic acids is 1. The third kappa shape index (κ3) is 6.62. The Labute approximate surface area is 239 Å². The predicted octanol–water partition coefficient (Wildman–Crippen LogP) is 6.36. The zero-order valence-electron chi connectivity index (χ0n) is 23.1. The molecule has 3 aromatic rings. The third-order valence-electron chi connectivity index (χ3n) is 7.30. The molecule has 0 spiro atoms. The largest absolute Gasteiger partial charge is 0.492 e. The number of aryl methyl sites for hydroxylation is 1. The molecule has 212 valence electrons. The molecular weight excluding hydrogens is 533 g/mol. The minimum Gasteiger partial charge on any atom is -0.492 e. The minimum atomic E-state index is -1.33. The molecule has 1 aromatic heterocycles. The fourth-order valence-electron chi connectivity index (χ4n) is 5.13. The van der Waals surface area contributed by atoms with Crippen LogP contribution in [0.4, 0.5) is 4.39 Å². The molecule has 4 rings (SSSR count). The molecule has 0 bridgehead atoms. The first kappa shape index (κ1) is 29.5. The van der Waals surface area contributed by atoms with Gasteiger partial charge < -0.3 is 20.1 Å². The molecule has 1 aliphatic carbocycles. The Kier molecular flexibility index (Phi) is 9.43. The van der Waals surface area contributed by atoms with E-state index >= 15 is 4.39 Å². The van der Waals surface area contributed by atoms with Gasteiger partial charge >= 0.3 is 5.97 Å². The highest BCUT2D eigenvalue weighted by atomic mass is 35.5. The monoisotopic (exact) mass is 567 g/mol. The summed E-state index contributed by atoms with van der Waals surface area (Å²) in [5.74, 6) is -1.59. The average Bonchev–Trinajstić information content (AvgIpc) is 2.92. The van der Waals surface area contributed by atoms with Crippen molar-refractivity contribution in [2.45, 2.75) is 51.0 Å². The molecule has 40 heavy (non-hydrogen) atoms. The van der Waals surface area contributed by atoms with Gasteiger partial charge in [0.05, 0.1) is 17.3 Å². The highest BCUT2D eigenvalue weighted by Gasteiger charge is 2.41. The molecule has 1 heterocycles. The average molecular weight is 568 g/mol. The normalized spacial score (nSPS) is 14.7. The number of aromatic nitrogens is 1. The van der Waals surface area contributed by atoms with Gasteiger partial charge in [-0.25, -0.2) is 14.2 Å². The highest BCUT2D eigenvalue weighted by molar-refractivity contribution is 6.32. The van der Waals surface area contributed by atoms with Crippen LogP contribution < -0.4 is 10.1 Å². The van der Waals surface area contributed by atoms with Crippen LogP contribution in [-0.2, 0) is 4.79 Å². The number of carboxylic acids is 1. The lowest BCUT2D eigenvalue weighted by molar-refractivity contribution is -0.145. The van der Waals surface area contributed by atoms with Crippen LogP contribution >= 0.6 is 11.6 Å². The van der Waals surface area contributed by atoms with Crippen molar-refractivity contribution in [3.63, 3.8) is 0 Å². The number of halogens is 2. The van der Waals surface area contributed by atoms with Crippen molar-refractivity contribution in [2.24, 2.45) is 0 Å². The Bertz CT molecular complexity index is 1370. The molecule has 1 aliphatic rings. The molecule has 0 atom stereocenters. The Balaban J connectivity index is 1.76. The summed E-state index contributed by atoms with van der Waals surface area (Å²) in [6.45, 7) is 3.11. The van der Waals surface area contributed by atoms with Crippen LogP contribution in [0.25, 0.3) is 22.4 Å². The van der Waals surface area contributed by atoms with Gasteiger partial charge in [-0.3, -0.25) is 4.79 Å². The van der Waals surface area contributed by atoms with Gasteiger partial charge in [0.1, 0.15) is 22.8 Å². The molecule has 7 nitrogen and oxygen atoms in total. The molecule has 2 N–H and O–H groups in total. The van der Waals surface area contributed by atoms with Crippen molar-refractivity contribution < 1.29 is 23.8 Å².